The molecule has 1 amide bonds. The number of carbonyl (C=O) groups excluding carboxylic acids is 1. The molecule has 0 aromatic heterocycles. The molecule has 1 aliphatic heterocycles. The second kappa shape index (κ2) is 9.25. The maximum atomic E-state index is 13.0. The highest BCUT2D eigenvalue weighted by Gasteiger charge is 2.26. The van der Waals surface area contributed by atoms with Gasteiger partial charge in [-0.05, 0) is 31.2 Å². The third-order valence-corrected chi connectivity index (χ3v) is 5.39. The fourth-order valence-electron chi connectivity index (χ4n) is 3.26. The lowest BCUT2D eigenvalue weighted by Gasteiger charge is -2.32. The summed E-state index contributed by atoms with van der Waals surface area (Å²) in [6, 6.07) is 3.44. The lowest BCUT2D eigenvalue weighted by atomic mass is 9.93. The number of carbonyl (C=O) groups is 1. The maximum absolute atomic E-state index is 13.0. The Hall–Kier alpha value is -2.04. The molecule has 0 radical (unpaired) electrons. The van der Waals surface area contributed by atoms with Crippen molar-refractivity contribution in [3.05, 3.63) is 17.7 Å². The molecule has 0 saturated carbocycles. The third kappa shape index (κ3) is 5.72. The lowest BCUT2D eigenvalue weighted by Crippen LogP contribution is -2.40. The number of nitrogens with two attached hydrogens (primary N) is 1. The van der Waals surface area contributed by atoms with Gasteiger partial charge >= 0.3 is 0 Å². The minimum Gasteiger partial charge on any atom is -0.493 e. The molecular formula is C17H28N4O5S. The minimum absolute atomic E-state index is 0.0681. The Bertz CT molecular complexity index is 761. The largest absolute Gasteiger partial charge is 0.493 e. The van der Waals surface area contributed by atoms with Crippen molar-refractivity contribution in [2.45, 2.75) is 19.3 Å². The number of methoxy groups -OCH3 is 2. The molecule has 0 aliphatic carbocycles. The van der Waals surface area contributed by atoms with Crippen LogP contribution in [0.1, 0.15) is 29.6 Å². The summed E-state index contributed by atoms with van der Waals surface area (Å²) in [6.45, 7) is 1.56. The van der Waals surface area contributed by atoms with Gasteiger partial charge in [0.25, 0.3) is 16.1 Å². The normalized spacial score (nSPS) is 15.5. The number of anilines is 1. The molecule has 0 unspecified atom stereocenters. The van der Waals surface area contributed by atoms with Crippen molar-refractivity contribution in [1.29, 1.82) is 0 Å². The zero-order valence-electron chi connectivity index (χ0n) is 15.9. The van der Waals surface area contributed by atoms with Gasteiger partial charge in [-0.1, -0.05) is 0 Å². The van der Waals surface area contributed by atoms with E-state index in [0.717, 1.165) is 12.8 Å². The van der Waals surface area contributed by atoms with Crippen LogP contribution in [0.2, 0.25) is 0 Å². The molecule has 2 rings (SSSR count). The van der Waals surface area contributed by atoms with Crippen molar-refractivity contribution in [3.8, 4) is 11.5 Å². The number of nitrogens with zero attached hydrogens (tertiary/aromatic N) is 1. The summed E-state index contributed by atoms with van der Waals surface area (Å²) in [5.74, 6) is 1.35. The van der Waals surface area contributed by atoms with E-state index in [9.17, 15) is 13.2 Å². The molecule has 1 aromatic carbocycles. The molecule has 1 saturated heterocycles. The minimum atomic E-state index is -3.65. The number of likely N-dealkylation sites (tertiary alicyclic amines) is 1. The Morgan fingerprint density at radius 3 is 2.33 bits per heavy atom. The van der Waals surface area contributed by atoms with E-state index in [0.29, 0.717) is 54.7 Å². The van der Waals surface area contributed by atoms with Crippen LogP contribution < -0.4 is 24.7 Å². The van der Waals surface area contributed by atoms with Gasteiger partial charge in [0.2, 0.25) is 0 Å². The first kappa shape index (κ1) is 21.3. The van der Waals surface area contributed by atoms with E-state index in [-0.39, 0.29) is 5.91 Å². The Kier molecular flexibility index (Phi) is 7.28. The Morgan fingerprint density at radius 2 is 1.81 bits per heavy atom. The fourth-order valence-corrected chi connectivity index (χ4v) is 3.67. The van der Waals surface area contributed by atoms with Crippen LogP contribution >= 0.6 is 0 Å². The molecule has 0 spiro atoms. The third-order valence-electron chi connectivity index (χ3n) is 4.78. The summed E-state index contributed by atoms with van der Waals surface area (Å²) in [5.41, 5.74) is 1.21. The highest BCUT2D eigenvalue weighted by molar-refractivity contribution is 7.87. The summed E-state index contributed by atoms with van der Waals surface area (Å²) >= 11 is 0. The maximum Gasteiger partial charge on any atom is 0.274 e. The average Bonchev–Trinajstić information content (AvgIpc) is 2.65. The van der Waals surface area contributed by atoms with Gasteiger partial charge in [0.1, 0.15) is 0 Å². The van der Waals surface area contributed by atoms with Crippen molar-refractivity contribution in [2.24, 2.45) is 11.1 Å². The predicted octanol–water partition coefficient (Wildman–Crippen LogP) is 0.781. The number of ether oxygens (including phenoxy) is 2. The van der Waals surface area contributed by atoms with E-state index >= 15 is 0 Å². The van der Waals surface area contributed by atoms with Gasteiger partial charge in [0.05, 0.1) is 25.5 Å². The van der Waals surface area contributed by atoms with E-state index in [1.807, 2.05) is 4.90 Å². The molecule has 1 aliphatic rings. The summed E-state index contributed by atoms with van der Waals surface area (Å²) in [6.07, 6.45) is 2.34. The van der Waals surface area contributed by atoms with Gasteiger partial charge in [-0.2, -0.15) is 8.42 Å². The second-order valence-corrected chi connectivity index (χ2v) is 7.85. The SMILES string of the molecule is CNc1cc(OC)c(OC)cc1C(=O)N1CCC(CCNS(N)(=O)=O)CC1. The Balaban J connectivity index is 2.01. The first-order chi connectivity index (χ1) is 12.8. The number of rotatable bonds is 8. The van der Waals surface area contributed by atoms with E-state index in [2.05, 4.69) is 10.0 Å². The van der Waals surface area contributed by atoms with E-state index < -0.39 is 10.2 Å². The van der Waals surface area contributed by atoms with Crippen LogP contribution in [-0.2, 0) is 10.2 Å². The molecule has 9 nitrogen and oxygen atoms in total. The topological polar surface area (TPSA) is 123 Å². The molecule has 0 bridgehead atoms. The predicted molar refractivity (Wildman–Crippen MR) is 103 cm³/mol. The summed E-state index contributed by atoms with van der Waals surface area (Å²) in [7, 11) is 1.19. The number of hydrogen-bond acceptors (Lipinski definition) is 6. The fraction of sp³-hybridized carbons (Fsp3) is 0.588. The van der Waals surface area contributed by atoms with Crippen LogP contribution in [0.4, 0.5) is 5.69 Å². The first-order valence-electron chi connectivity index (χ1n) is 8.79. The van der Waals surface area contributed by atoms with Crippen LogP contribution in [-0.4, -0.2) is 60.1 Å². The van der Waals surface area contributed by atoms with Crippen molar-refractivity contribution in [3.63, 3.8) is 0 Å². The van der Waals surface area contributed by atoms with Crippen molar-refractivity contribution >= 4 is 21.8 Å². The molecule has 10 heteroatoms. The van der Waals surface area contributed by atoms with E-state index in [1.54, 1.807) is 26.3 Å². The zero-order valence-corrected chi connectivity index (χ0v) is 16.8. The number of amides is 1. The van der Waals surface area contributed by atoms with E-state index in [4.69, 9.17) is 14.6 Å². The quantitative estimate of drug-likeness (QED) is 0.593. The number of piperidine rings is 1. The van der Waals surface area contributed by atoms with Gasteiger partial charge in [-0.25, -0.2) is 9.86 Å². The van der Waals surface area contributed by atoms with Crippen LogP contribution in [0.3, 0.4) is 0 Å². The number of hydrogen-bond donors (Lipinski definition) is 3. The van der Waals surface area contributed by atoms with Gasteiger partial charge in [-0.15, -0.1) is 0 Å². The highest BCUT2D eigenvalue weighted by atomic mass is 32.2. The van der Waals surface area contributed by atoms with Gasteiger partial charge in [0.15, 0.2) is 11.5 Å². The van der Waals surface area contributed by atoms with Crippen molar-refractivity contribution in [2.75, 3.05) is 46.2 Å². The summed E-state index contributed by atoms with van der Waals surface area (Å²) in [5, 5.41) is 7.96. The molecule has 4 N–H and O–H groups in total. The van der Waals surface area contributed by atoms with E-state index in [1.165, 1.54) is 7.11 Å². The van der Waals surface area contributed by atoms with Crippen LogP contribution in [0.25, 0.3) is 0 Å². The first-order valence-corrected chi connectivity index (χ1v) is 10.3. The smallest absolute Gasteiger partial charge is 0.274 e. The molecule has 27 heavy (non-hydrogen) atoms. The molecule has 0 atom stereocenters. The van der Waals surface area contributed by atoms with Gasteiger partial charge in [0, 0.05) is 32.7 Å². The lowest BCUT2D eigenvalue weighted by molar-refractivity contribution is 0.0688. The van der Waals surface area contributed by atoms with Gasteiger partial charge < -0.3 is 19.7 Å². The average molecular weight is 401 g/mol. The molecule has 1 heterocycles. The molecule has 1 aromatic rings. The molecular weight excluding hydrogens is 372 g/mol. The Labute approximate surface area is 160 Å². The molecule has 1 fully saturated rings. The van der Waals surface area contributed by atoms with Crippen LogP contribution in [0, 0.1) is 5.92 Å². The standard InChI is InChI=1S/C17H28N4O5S/c1-19-14-11-16(26-3)15(25-2)10-13(14)17(22)21-8-5-12(6-9-21)4-7-20-27(18,23)24/h10-12,19-20H,4-9H2,1-3H3,(H2,18,23,24). The van der Waals surface area contributed by atoms with Crippen molar-refractivity contribution < 1.29 is 22.7 Å². The summed E-state index contributed by atoms with van der Waals surface area (Å²) in [4.78, 5) is 14.8. The monoisotopic (exact) mass is 400 g/mol. The molecule has 152 valence electrons. The second-order valence-electron chi connectivity index (χ2n) is 6.47. The van der Waals surface area contributed by atoms with Crippen molar-refractivity contribution in [1.82, 2.24) is 9.62 Å². The summed E-state index contributed by atoms with van der Waals surface area (Å²) < 4.78 is 34.7. The number of benzene rings is 1. The van der Waals surface area contributed by atoms with Crippen LogP contribution in [0.5, 0.6) is 11.5 Å². The van der Waals surface area contributed by atoms with Gasteiger partial charge in [-0.3, -0.25) is 4.79 Å². The highest BCUT2D eigenvalue weighted by Crippen LogP contribution is 2.34. The number of nitrogens with one attached hydrogen (secondary N) is 2. The zero-order chi connectivity index (χ0) is 20.0. The Morgan fingerprint density at radius 1 is 1.22 bits per heavy atom. The van der Waals surface area contributed by atoms with Crippen LogP contribution in [0.15, 0.2) is 12.1 Å².